The van der Waals surface area contributed by atoms with Gasteiger partial charge in [0.15, 0.2) is 0 Å². The Labute approximate surface area is 97.4 Å². The zero-order valence-electron chi connectivity index (χ0n) is 9.94. The Bertz CT molecular complexity index is 413. The van der Waals surface area contributed by atoms with Gasteiger partial charge in [-0.25, -0.2) is 0 Å². The van der Waals surface area contributed by atoms with E-state index in [-0.39, 0.29) is 0 Å². The molecule has 0 amide bonds. The van der Waals surface area contributed by atoms with Gasteiger partial charge >= 0.3 is 0 Å². The number of rotatable bonds is 3. The third-order valence-corrected chi connectivity index (χ3v) is 2.72. The summed E-state index contributed by atoms with van der Waals surface area (Å²) in [6, 6.07) is 8.32. The number of ether oxygens (including phenoxy) is 1. The first-order valence-corrected chi connectivity index (χ1v) is 5.90. The lowest BCUT2D eigenvalue weighted by Crippen LogP contribution is -1.96. The fourth-order valence-electron chi connectivity index (χ4n) is 1.74. The highest BCUT2D eigenvalue weighted by atomic mass is 16.5. The average Bonchev–Trinajstić information content (AvgIpc) is 2.30. The van der Waals surface area contributed by atoms with Gasteiger partial charge in [0.05, 0.1) is 0 Å². The Morgan fingerprint density at radius 3 is 2.75 bits per heavy atom. The number of allylic oxidation sites excluding steroid dienone is 3. The molecule has 0 saturated heterocycles. The number of hydrogen-bond donors (Lipinski definition) is 0. The number of hydrogen-bond acceptors (Lipinski definition) is 1. The number of benzene rings is 1. The summed E-state index contributed by atoms with van der Waals surface area (Å²) in [6.07, 6.45) is 8.55. The van der Waals surface area contributed by atoms with Crippen molar-refractivity contribution in [3.05, 3.63) is 53.8 Å². The highest BCUT2D eigenvalue weighted by Gasteiger charge is 2.03. The van der Waals surface area contributed by atoms with Gasteiger partial charge in [-0.05, 0) is 48.6 Å². The van der Waals surface area contributed by atoms with Gasteiger partial charge in [0, 0.05) is 0 Å². The van der Waals surface area contributed by atoms with Gasteiger partial charge in [0.25, 0.3) is 0 Å². The predicted octanol–water partition coefficient (Wildman–Crippen LogP) is 4.42. The molecule has 0 N–H and O–H groups in total. The van der Waals surface area contributed by atoms with E-state index in [2.05, 4.69) is 44.2 Å². The monoisotopic (exact) mass is 214 g/mol. The lowest BCUT2D eigenvalue weighted by Gasteiger charge is -2.11. The van der Waals surface area contributed by atoms with Gasteiger partial charge in [-0.15, -0.1) is 0 Å². The minimum Gasteiger partial charge on any atom is -0.458 e. The van der Waals surface area contributed by atoms with Crippen LogP contribution in [0, 0.1) is 0 Å². The van der Waals surface area contributed by atoms with E-state index >= 15 is 0 Å². The Morgan fingerprint density at radius 2 is 2.06 bits per heavy atom. The van der Waals surface area contributed by atoms with E-state index in [0.29, 0.717) is 5.92 Å². The van der Waals surface area contributed by atoms with Crippen molar-refractivity contribution in [2.24, 2.45) is 0 Å². The molecular weight excluding hydrogens is 196 g/mol. The first-order valence-electron chi connectivity index (χ1n) is 5.90. The third-order valence-electron chi connectivity index (χ3n) is 2.72. The Kier molecular flexibility index (Phi) is 3.45. The van der Waals surface area contributed by atoms with Crippen molar-refractivity contribution in [2.75, 3.05) is 0 Å². The zero-order chi connectivity index (χ0) is 11.4. The van der Waals surface area contributed by atoms with E-state index < -0.39 is 0 Å². The van der Waals surface area contributed by atoms with Crippen LogP contribution in [0.4, 0.5) is 0 Å². The van der Waals surface area contributed by atoms with Crippen LogP contribution in [0.5, 0.6) is 5.75 Å². The zero-order valence-corrected chi connectivity index (χ0v) is 9.94. The SMILES string of the molecule is CC(C)c1cccc(OC2=CCCC=C2)c1. The minimum absolute atomic E-state index is 0.541. The van der Waals surface area contributed by atoms with Crippen LogP contribution in [0.3, 0.4) is 0 Å². The van der Waals surface area contributed by atoms with Crippen LogP contribution in [0.15, 0.2) is 48.3 Å². The maximum atomic E-state index is 5.82. The van der Waals surface area contributed by atoms with Gasteiger partial charge in [0.1, 0.15) is 11.5 Å². The van der Waals surface area contributed by atoms with Crippen LogP contribution in [0.2, 0.25) is 0 Å². The van der Waals surface area contributed by atoms with E-state index in [1.807, 2.05) is 12.1 Å². The van der Waals surface area contributed by atoms with Crippen molar-refractivity contribution in [3.63, 3.8) is 0 Å². The van der Waals surface area contributed by atoms with Crippen molar-refractivity contribution in [3.8, 4) is 5.75 Å². The summed E-state index contributed by atoms with van der Waals surface area (Å²) in [6.45, 7) is 4.39. The van der Waals surface area contributed by atoms with Crippen LogP contribution in [-0.4, -0.2) is 0 Å². The second-order valence-electron chi connectivity index (χ2n) is 4.42. The summed E-state index contributed by atoms with van der Waals surface area (Å²) in [5, 5.41) is 0. The second-order valence-corrected chi connectivity index (χ2v) is 4.42. The van der Waals surface area contributed by atoms with Crippen LogP contribution in [-0.2, 0) is 0 Å². The van der Waals surface area contributed by atoms with E-state index in [1.54, 1.807) is 0 Å². The molecule has 0 spiro atoms. The molecule has 1 heteroatoms. The van der Waals surface area contributed by atoms with Crippen LogP contribution in [0.1, 0.15) is 38.2 Å². The standard InChI is InChI=1S/C15H18O/c1-12(2)13-7-6-10-15(11-13)16-14-8-4-3-5-9-14/h4,6-12H,3,5H2,1-2H3. The van der Waals surface area contributed by atoms with Crippen molar-refractivity contribution >= 4 is 0 Å². The largest absolute Gasteiger partial charge is 0.458 e. The smallest absolute Gasteiger partial charge is 0.127 e. The lowest BCUT2D eigenvalue weighted by molar-refractivity contribution is 0.438. The minimum atomic E-state index is 0.541. The highest BCUT2D eigenvalue weighted by Crippen LogP contribution is 2.23. The molecule has 84 valence electrons. The summed E-state index contributed by atoms with van der Waals surface area (Å²) in [5.41, 5.74) is 1.32. The van der Waals surface area contributed by atoms with Crippen molar-refractivity contribution in [1.29, 1.82) is 0 Å². The van der Waals surface area contributed by atoms with Crippen molar-refractivity contribution in [1.82, 2.24) is 0 Å². The van der Waals surface area contributed by atoms with E-state index in [4.69, 9.17) is 4.74 Å². The third kappa shape index (κ3) is 2.75. The molecular formula is C15H18O. The molecule has 0 aromatic heterocycles. The van der Waals surface area contributed by atoms with Gasteiger partial charge in [-0.3, -0.25) is 0 Å². The second kappa shape index (κ2) is 5.02. The van der Waals surface area contributed by atoms with E-state index in [9.17, 15) is 0 Å². The average molecular weight is 214 g/mol. The highest BCUT2D eigenvalue weighted by molar-refractivity contribution is 5.33. The Hall–Kier alpha value is -1.50. The first-order chi connectivity index (χ1) is 7.75. The molecule has 0 heterocycles. The predicted molar refractivity (Wildman–Crippen MR) is 67.6 cm³/mol. The molecule has 0 saturated carbocycles. The molecule has 2 rings (SSSR count). The first kappa shape index (κ1) is 11.0. The molecule has 0 aliphatic heterocycles. The van der Waals surface area contributed by atoms with Gasteiger partial charge in [-0.2, -0.15) is 0 Å². The summed E-state index contributed by atoms with van der Waals surface area (Å²) < 4.78 is 5.82. The summed E-state index contributed by atoms with van der Waals surface area (Å²) in [4.78, 5) is 0. The summed E-state index contributed by atoms with van der Waals surface area (Å²) in [5.74, 6) is 2.44. The molecule has 1 nitrogen and oxygen atoms in total. The van der Waals surface area contributed by atoms with Gasteiger partial charge in [-0.1, -0.05) is 32.1 Å². The normalized spacial score (nSPS) is 15.1. The molecule has 0 unspecified atom stereocenters. The molecule has 1 aromatic carbocycles. The van der Waals surface area contributed by atoms with Gasteiger partial charge < -0.3 is 4.74 Å². The quantitative estimate of drug-likeness (QED) is 0.723. The molecule has 16 heavy (non-hydrogen) atoms. The molecule has 0 fully saturated rings. The van der Waals surface area contributed by atoms with E-state index in [1.165, 1.54) is 5.56 Å². The van der Waals surface area contributed by atoms with Gasteiger partial charge in [0.2, 0.25) is 0 Å². The lowest BCUT2D eigenvalue weighted by atomic mass is 10.0. The topological polar surface area (TPSA) is 9.23 Å². The fourth-order valence-corrected chi connectivity index (χ4v) is 1.74. The van der Waals surface area contributed by atoms with Crippen LogP contribution >= 0.6 is 0 Å². The van der Waals surface area contributed by atoms with Crippen LogP contribution in [0.25, 0.3) is 0 Å². The maximum absolute atomic E-state index is 5.82. The molecule has 0 atom stereocenters. The molecule has 1 aliphatic rings. The molecule has 0 radical (unpaired) electrons. The summed E-state index contributed by atoms with van der Waals surface area (Å²) >= 11 is 0. The van der Waals surface area contributed by atoms with Crippen molar-refractivity contribution < 1.29 is 4.74 Å². The molecule has 1 aliphatic carbocycles. The van der Waals surface area contributed by atoms with E-state index in [0.717, 1.165) is 24.4 Å². The maximum Gasteiger partial charge on any atom is 0.127 e. The Balaban J connectivity index is 2.12. The van der Waals surface area contributed by atoms with Crippen LogP contribution < -0.4 is 4.74 Å². The molecule has 0 bridgehead atoms. The van der Waals surface area contributed by atoms with Crippen molar-refractivity contribution in [2.45, 2.75) is 32.6 Å². The Morgan fingerprint density at radius 1 is 1.19 bits per heavy atom. The summed E-state index contributed by atoms with van der Waals surface area (Å²) in [7, 11) is 0. The molecule has 1 aromatic rings. The fraction of sp³-hybridized carbons (Fsp3) is 0.333.